The van der Waals surface area contributed by atoms with E-state index in [2.05, 4.69) is 51.2 Å². The van der Waals surface area contributed by atoms with E-state index in [1.165, 1.54) is 0 Å². The predicted octanol–water partition coefficient (Wildman–Crippen LogP) is 5.53. The van der Waals surface area contributed by atoms with Crippen LogP contribution in [-0.2, 0) is 21.8 Å². The quantitative estimate of drug-likeness (QED) is 0.181. The molecule has 2 fully saturated rings. The normalized spacial score (nSPS) is 20.3. The van der Waals surface area contributed by atoms with Crippen LogP contribution in [0.25, 0.3) is 5.69 Å². The lowest BCUT2D eigenvalue weighted by atomic mass is 10.1. The van der Waals surface area contributed by atoms with Crippen LogP contribution in [0.4, 0.5) is 11.4 Å². The molecule has 1 unspecified atom stereocenters. The van der Waals surface area contributed by atoms with E-state index >= 15 is 0 Å². The number of rotatable bonds is 11. The summed E-state index contributed by atoms with van der Waals surface area (Å²) in [5.74, 6) is -0.224. The van der Waals surface area contributed by atoms with Gasteiger partial charge in [0.1, 0.15) is 24.8 Å². The molecule has 0 amide bonds. The van der Waals surface area contributed by atoms with Crippen LogP contribution in [0.1, 0.15) is 31.9 Å². The van der Waals surface area contributed by atoms with Gasteiger partial charge >= 0.3 is 5.69 Å². The number of nitrogens with zero attached hydrogens (tertiary/aromatic N) is 7. The maximum absolute atomic E-state index is 12.8. The van der Waals surface area contributed by atoms with Crippen molar-refractivity contribution in [2.24, 2.45) is 0 Å². The molecular weight excluding hydrogens is 630 g/mol. The van der Waals surface area contributed by atoms with Crippen molar-refractivity contribution in [1.29, 1.82) is 0 Å². The Labute approximate surface area is 284 Å². The Morgan fingerprint density at radius 2 is 1.62 bits per heavy atom. The van der Waals surface area contributed by atoms with Gasteiger partial charge in [0.2, 0.25) is 5.79 Å². The second-order valence-corrected chi connectivity index (χ2v) is 12.7. The number of ether oxygens (including phenoxy) is 3. The minimum absolute atomic E-state index is 0.0700. The summed E-state index contributed by atoms with van der Waals surface area (Å²) in [5, 5.41) is 9.28. The lowest BCUT2D eigenvalue weighted by molar-refractivity contribution is -0.190. The number of aromatic nitrogens is 5. The average molecular weight is 670 g/mol. The molecule has 12 heteroatoms. The third-order valence-corrected chi connectivity index (χ3v) is 9.40. The van der Waals surface area contributed by atoms with Crippen molar-refractivity contribution in [3.8, 4) is 11.4 Å². The van der Waals surface area contributed by atoms with Gasteiger partial charge in [-0.3, -0.25) is 4.68 Å². The number of benzene rings is 3. The molecule has 2 saturated heterocycles. The molecule has 0 bridgehead atoms. The van der Waals surface area contributed by atoms with Gasteiger partial charge in [-0.25, -0.2) is 14.0 Å². The molecule has 2 aromatic heterocycles. The Morgan fingerprint density at radius 3 is 2.27 bits per heavy atom. The molecule has 7 rings (SSSR count). The molecule has 0 aliphatic carbocycles. The molecule has 5 aromatic rings. The van der Waals surface area contributed by atoms with Gasteiger partial charge in [0.15, 0.2) is 0 Å². The fourth-order valence-corrected chi connectivity index (χ4v) is 6.45. The van der Waals surface area contributed by atoms with Gasteiger partial charge in [-0.2, -0.15) is 10.2 Å². The molecule has 0 N–H and O–H groups in total. The first-order valence-corrected chi connectivity index (χ1v) is 16.8. The fourth-order valence-electron chi connectivity index (χ4n) is 6.26. The molecule has 48 heavy (non-hydrogen) atoms. The highest BCUT2D eigenvalue weighted by molar-refractivity contribution is 6.30. The van der Waals surface area contributed by atoms with Crippen LogP contribution in [0, 0.1) is 0 Å². The molecule has 2 aliphatic rings. The topological polar surface area (TPSA) is 91.8 Å². The van der Waals surface area contributed by atoms with Crippen LogP contribution in [0.2, 0.25) is 5.02 Å². The smallest absolute Gasteiger partial charge is 0.350 e. The number of halogens is 1. The van der Waals surface area contributed by atoms with E-state index in [0.717, 1.165) is 61.0 Å². The zero-order valence-electron chi connectivity index (χ0n) is 27.2. The zero-order chi connectivity index (χ0) is 33.1. The molecule has 3 aromatic carbocycles. The summed E-state index contributed by atoms with van der Waals surface area (Å²) in [4.78, 5) is 17.6. The number of hydrogen-bond acceptors (Lipinski definition) is 8. The predicted molar refractivity (Wildman–Crippen MR) is 185 cm³/mol. The van der Waals surface area contributed by atoms with E-state index in [1.54, 1.807) is 26.5 Å². The van der Waals surface area contributed by atoms with Crippen molar-refractivity contribution in [3.05, 3.63) is 119 Å². The minimum atomic E-state index is -1.00. The number of anilines is 2. The number of piperazine rings is 1. The summed E-state index contributed by atoms with van der Waals surface area (Å²) >= 11 is 6.31. The first kappa shape index (κ1) is 32.0. The third kappa shape index (κ3) is 6.71. The standard InChI is InChI=1S/C36H40ClN7O4/c1-3-27(2)44-35(45)43(26-39-44)32-10-8-30(9-11-32)40-18-20-41(21-19-40)31-12-14-33(15-13-31)46-23-34-24-47-36(48-34,25-42-17-5-16-38-42)28-6-4-7-29(37)22-28/h4-17,22,26-27,34H,3,18-21,23-25H2,1-2H3/t27?,34-,36-/m1/s1. The third-order valence-electron chi connectivity index (χ3n) is 9.17. The molecule has 4 heterocycles. The van der Waals surface area contributed by atoms with Crippen molar-refractivity contribution in [1.82, 2.24) is 24.1 Å². The first-order valence-electron chi connectivity index (χ1n) is 16.5. The molecule has 250 valence electrons. The molecule has 0 spiro atoms. The maximum atomic E-state index is 12.8. The van der Waals surface area contributed by atoms with Gasteiger partial charge < -0.3 is 24.0 Å². The highest BCUT2D eigenvalue weighted by atomic mass is 35.5. The van der Waals surface area contributed by atoms with E-state index in [1.807, 2.05) is 67.7 Å². The van der Waals surface area contributed by atoms with Crippen molar-refractivity contribution in [2.75, 3.05) is 49.2 Å². The summed E-state index contributed by atoms with van der Waals surface area (Å²) in [6.45, 7) is 8.80. The summed E-state index contributed by atoms with van der Waals surface area (Å²) in [6.07, 6.45) is 5.82. The largest absolute Gasteiger partial charge is 0.491 e. The second-order valence-electron chi connectivity index (χ2n) is 12.3. The average Bonchev–Trinajstić information content (AvgIpc) is 3.89. The summed E-state index contributed by atoms with van der Waals surface area (Å²) < 4.78 is 23.9. The second kappa shape index (κ2) is 13.9. The van der Waals surface area contributed by atoms with E-state index in [0.29, 0.717) is 24.8 Å². The van der Waals surface area contributed by atoms with Crippen molar-refractivity contribution in [2.45, 2.75) is 44.7 Å². The van der Waals surface area contributed by atoms with Crippen LogP contribution >= 0.6 is 11.6 Å². The van der Waals surface area contributed by atoms with Crippen LogP contribution in [0.3, 0.4) is 0 Å². The molecule has 0 radical (unpaired) electrons. The van der Waals surface area contributed by atoms with Gasteiger partial charge in [-0.1, -0.05) is 30.7 Å². The van der Waals surface area contributed by atoms with Crippen LogP contribution in [0.15, 0.2) is 102 Å². The Kier molecular flexibility index (Phi) is 9.25. The van der Waals surface area contributed by atoms with E-state index in [-0.39, 0.29) is 17.8 Å². The van der Waals surface area contributed by atoms with E-state index in [4.69, 9.17) is 25.8 Å². The van der Waals surface area contributed by atoms with Gasteiger partial charge in [-0.05, 0) is 80.1 Å². The highest BCUT2D eigenvalue weighted by Gasteiger charge is 2.44. The SMILES string of the molecule is CCC(C)n1ncn(-c2ccc(N3CCN(c4ccc(OC[C@@H]5CO[C@@](Cn6cccn6)(c6cccc(Cl)c6)O5)cc4)CC3)cc2)c1=O. The highest BCUT2D eigenvalue weighted by Crippen LogP contribution is 2.37. The molecule has 2 aliphatic heterocycles. The van der Waals surface area contributed by atoms with Crippen molar-refractivity contribution >= 4 is 23.0 Å². The minimum Gasteiger partial charge on any atom is -0.491 e. The zero-order valence-corrected chi connectivity index (χ0v) is 27.9. The van der Waals surface area contributed by atoms with Gasteiger partial charge in [0, 0.05) is 60.5 Å². The fraction of sp³-hybridized carbons (Fsp3) is 0.361. The van der Waals surface area contributed by atoms with E-state index < -0.39 is 5.79 Å². The molecule has 0 saturated carbocycles. The molecule has 11 nitrogen and oxygen atoms in total. The van der Waals surface area contributed by atoms with Crippen LogP contribution in [0.5, 0.6) is 5.75 Å². The summed E-state index contributed by atoms with van der Waals surface area (Å²) in [5.41, 5.74) is 3.86. The Morgan fingerprint density at radius 1 is 0.938 bits per heavy atom. The Bertz CT molecular complexity index is 1850. The summed E-state index contributed by atoms with van der Waals surface area (Å²) in [6, 6.07) is 25.9. The Hall–Kier alpha value is -4.58. The van der Waals surface area contributed by atoms with Crippen molar-refractivity contribution < 1.29 is 14.2 Å². The lowest BCUT2D eigenvalue weighted by Gasteiger charge is -2.37. The monoisotopic (exact) mass is 669 g/mol. The maximum Gasteiger partial charge on any atom is 0.350 e. The first-order chi connectivity index (χ1) is 23.4. The number of hydrogen-bond donors (Lipinski definition) is 0. The van der Waals surface area contributed by atoms with Crippen molar-refractivity contribution in [3.63, 3.8) is 0 Å². The molecule has 3 atom stereocenters. The lowest BCUT2D eigenvalue weighted by Crippen LogP contribution is -2.46. The van der Waals surface area contributed by atoms with E-state index in [9.17, 15) is 4.79 Å². The molecular formula is C36H40ClN7O4. The summed E-state index contributed by atoms with van der Waals surface area (Å²) in [7, 11) is 0. The van der Waals surface area contributed by atoms with Crippen LogP contribution in [-0.4, -0.2) is 69.6 Å². The van der Waals surface area contributed by atoms with Gasteiger partial charge in [0.25, 0.3) is 0 Å². The van der Waals surface area contributed by atoms with Gasteiger partial charge in [0.05, 0.1) is 24.9 Å². The van der Waals surface area contributed by atoms with Crippen LogP contribution < -0.4 is 20.2 Å². The van der Waals surface area contributed by atoms with Gasteiger partial charge in [-0.15, -0.1) is 0 Å². The Balaban J connectivity index is 0.919.